The molecular formula is C18H15ClN4O3S. The molecule has 7 nitrogen and oxygen atoms in total. The Bertz CT molecular complexity index is 1010. The number of hydrogen-bond donors (Lipinski definition) is 3. The van der Waals surface area contributed by atoms with Gasteiger partial charge in [-0.1, -0.05) is 17.7 Å². The van der Waals surface area contributed by atoms with Crippen molar-refractivity contribution in [3.63, 3.8) is 0 Å². The topological polar surface area (TPSA) is 104 Å². The summed E-state index contributed by atoms with van der Waals surface area (Å²) in [6.07, 6.45) is 2.04. The average molecular weight is 403 g/mol. The Morgan fingerprint density at radius 3 is 2.78 bits per heavy atom. The minimum absolute atomic E-state index is 0.149. The number of H-pyrrole nitrogens is 1. The van der Waals surface area contributed by atoms with Gasteiger partial charge in [0.15, 0.2) is 5.13 Å². The minimum atomic E-state index is -0.370. The zero-order valence-corrected chi connectivity index (χ0v) is 15.6. The SMILES string of the molecule is O=C(CCc1csc(NC(=O)c2ccc(=O)[nH]c2)n1)Nc1cccc(Cl)c1. The number of hydrogen-bond acceptors (Lipinski definition) is 5. The summed E-state index contributed by atoms with van der Waals surface area (Å²) in [6, 6.07) is 9.64. The van der Waals surface area contributed by atoms with Gasteiger partial charge in [0.2, 0.25) is 11.5 Å². The Hall–Kier alpha value is -2.97. The van der Waals surface area contributed by atoms with Gasteiger partial charge in [-0.2, -0.15) is 0 Å². The number of anilines is 2. The summed E-state index contributed by atoms with van der Waals surface area (Å²) in [4.78, 5) is 41.9. The Labute approximate surface area is 163 Å². The van der Waals surface area contributed by atoms with Crippen molar-refractivity contribution in [3.8, 4) is 0 Å². The van der Waals surface area contributed by atoms with E-state index in [9.17, 15) is 14.4 Å². The van der Waals surface area contributed by atoms with Crippen molar-refractivity contribution in [1.82, 2.24) is 9.97 Å². The fraction of sp³-hybridized carbons (Fsp3) is 0.111. The molecule has 0 unspecified atom stereocenters. The molecule has 3 aromatic rings. The molecule has 2 amide bonds. The highest BCUT2D eigenvalue weighted by molar-refractivity contribution is 7.14. The van der Waals surface area contributed by atoms with E-state index in [1.165, 1.54) is 29.7 Å². The fourth-order valence-corrected chi connectivity index (χ4v) is 3.16. The number of aryl methyl sites for hydroxylation is 1. The van der Waals surface area contributed by atoms with Crippen LogP contribution in [0.1, 0.15) is 22.5 Å². The van der Waals surface area contributed by atoms with Crippen LogP contribution in [0, 0.1) is 0 Å². The van der Waals surface area contributed by atoms with Crippen molar-refractivity contribution in [3.05, 3.63) is 74.6 Å². The van der Waals surface area contributed by atoms with E-state index in [1.807, 2.05) is 0 Å². The first kappa shape index (κ1) is 18.8. The number of halogens is 1. The predicted octanol–water partition coefficient (Wildman–Crippen LogP) is 3.31. The van der Waals surface area contributed by atoms with Gasteiger partial charge >= 0.3 is 0 Å². The smallest absolute Gasteiger partial charge is 0.258 e. The summed E-state index contributed by atoms with van der Waals surface area (Å²) in [5.41, 5.74) is 1.39. The Morgan fingerprint density at radius 2 is 2.04 bits per heavy atom. The van der Waals surface area contributed by atoms with Crippen LogP contribution in [0.25, 0.3) is 0 Å². The maximum absolute atomic E-state index is 12.1. The first-order chi connectivity index (χ1) is 13.0. The van der Waals surface area contributed by atoms with Gasteiger partial charge in [-0.25, -0.2) is 4.98 Å². The highest BCUT2D eigenvalue weighted by Crippen LogP contribution is 2.18. The van der Waals surface area contributed by atoms with Gasteiger partial charge in [-0.3, -0.25) is 19.7 Å². The molecule has 3 N–H and O–H groups in total. The molecule has 0 saturated heterocycles. The Balaban J connectivity index is 1.51. The predicted molar refractivity (Wildman–Crippen MR) is 106 cm³/mol. The molecule has 0 radical (unpaired) electrons. The lowest BCUT2D eigenvalue weighted by molar-refractivity contribution is -0.116. The van der Waals surface area contributed by atoms with Crippen LogP contribution in [0.2, 0.25) is 5.02 Å². The Morgan fingerprint density at radius 1 is 1.19 bits per heavy atom. The number of carbonyl (C=O) groups excluding carboxylic acids is 2. The van der Waals surface area contributed by atoms with E-state index in [-0.39, 0.29) is 23.8 Å². The lowest BCUT2D eigenvalue weighted by atomic mass is 10.2. The zero-order valence-electron chi connectivity index (χ0n) is 14.0. The summed E-state index contributed by atoms with van der Waals surface area (Å²) in [6.45, 7) is 0. The summed E-state index contributed by atoms with van der Waals surface area (Å²) in [5, 5.41) is 8.20. The molecule has 2 heterocycles. The second-order valence-electron chi connectivity index (χ2n) is 5.60. The fourth-order valence-electron chi connectivity index (χ4n) is 2.23. The highest BCUT2D eigenvalue weighted by atomic mass is 35.5. The van der Waals surface area contributed by atoms with E-state index >= 15 is 0 Å². The number of carbonyl (C=O) groups is 2. The lowest BCUT2D eigenvalue weighted by Gasteiger charge is -2.04. The molecule has 0 atom stereocenters. The monoisotopic (exact) mass is 402 g/mol. The molecule has 3 rings (SSSR count). The van der Waals surface area contributed by atoms with Crippen LogP contribution in [0.3, 0.4) is 0 Å². The van der Waals surface area contributed by atoms with E-state index in [0.29, 0.717) is 33.5 Å². The van der Waals surface area contributed by atoms with Gasteiger partial charge in [0.1, 0.15) is 0 Å². The maximum atomic E-state index is 12.1. The van der Waals surface area contributed by atoms with Gasteiger partial charge in [-0.05, 0) is 30.7 Å². The highest BCUT2D eigenvalue weighted by Gasteiger charge is 2.10. The van der Waals surface area contributed by atoms with Gasteiger partial charge in [0.05, 0.1) is 11.3 Å². The third-order valence-corrected chi connectivity index (χ3v) is 4.58. The van der Waals surface area contributed by atoms with E-state index in [0.717, 1.165) is 0 Å². The van der Waals surface area contributed by atoms with Gasteiger partial charge in [0, 0.05) is 34.8 Å². The van der Waals surface area contributed by atoms with Crippen LogP contribution in [0.15, 0.2) is 52.8 Å². The number of nitrogens with one attached hydrogen (secondary N) is 3. The first-order valence-corrected chi connectivity index (χ1v) is 9.25. The van der Waals surface area contributed by atoms with Gasteiger partial charge in [0.25, 0.3) is 5.91 Å². The molecular weight excluding hydrogens is 388 g/mol. The third kappa shape index (κ3) is 5.50. The molecule has 1 aromatic carbocycles. The molecule has 0 aliphatic heterocycles. The number of amides is 2. The van der Waals surface area contributed by atoms with E-state index < -0.39 is 0 Å². The number of aromatic nitrogens is 2. The third-order valence-electron chi connectivity index (χ3n) is 3.54. The lowest BCUT2D eigenvalue weighted by Crippen LogP contribution is -2.14. The quantitative estimate of drug-likeness (QED) is 0.588. The first-order valence-electron chi connectivity index (χ1n) is 7.99. The molecule has 0 aliphatic carbocycles. The zero-order chi connectivity index (χ0) is 19.2. The van der Waals surface area contributed by atoms with Gasteiger partial charge < -0.3 is 10.3 Å². The number of aromatic amines is 1. The molecule has 2 aromatic heterocycles. The number of nitrogens with zero attached hydrogens (tertiary/aromatic N) is 1. The number of pyridine rings is 1. The molecule has 0 aliphatic rings. The largest absolute Gasteiger partial charge is 0.328 e. The van der Waals surface area contributed by atoms with Gasteiger partial charge in [-0.15, -0.1) is 11.3 Å². The molecule has 9 heteroatoms. The molecule has 0 spiro atoms. The number of rotatable bonds is 6. The number of thiazole rings is 1. The van der Waals surface area contributed by atoms with E-state index in [1.54, 1.807) is 29.6 Å². The van der Waals surface area contributed by atoms with Crippen LogP contribution in [0.4, 0.5) is 10.8 Å². The second-order valence-corrected chi connectivity index (χ2v) is 6.89. The van der Waals surface area contributed by atoms with Crippen molar-refractivity contribution in [1.29, 1.82) is 0 Å². The molecule has 0 saturated carbocycles. The van der Waals surface area contributed by atoms with Crippen molar-refractivity contribution < 1.29 is 9.59 Å². The molecule has 0 fully saturated rings. The Kier molecular flexibility index (Phi) is 6.00. The van der Waals surface area contributed by atoms with Crippen molar-refractivity contribution in [2.75, 3.05) is 10.6 Å². The van der Waals surface area contributed by atoms with E-state index in [4.69, 9.17) is 11.6 Å². The van der Waals surface area contributed by atoms with Crippen molar-refractivity contribution >= 4 is 45.6 Å². The van der Waals surface area contributed by atoms with Crippen molar-refractivity contribution in [2.24, 2.45) is 0 Å². The van der Waals surface area contributed by atoms with E-state index in [2.05, 4.69) is 20.6 Å². The molecule has 27 heavy (non-hydrogen) atoms. The molecule has 0 bridgehead atoms. The van der Waals surface area contributed by atoms with Crippen LogP contribution in [-0.2, 0) is 11.2 Å². The summed E-state index contributed by atoms with van der Waals surface area (Å²) < 4.78 is 0. The minimum Gasteiger partial charge on any atom is -0.328 e. The standard InChI is InChI=1S/C18H15ClN4O3S/c19-12-2-1-3-13(8-12)21-16(25)7-5-14-10-27-18(22-14)23-17(26)11-4-6-15(24)20-9-11/h1-4,6,8-10H,5,7H2,(H,20,24)(H,21,25)(H,22,23,26). The van der Waals surface area contributed by atoms with Crippen LogP contribution < -0.4 is 16.2 Å². The summed E-state index contributed by atoms with van der Waals surface area (Å²) in [5.74, 6) is -0.519. The summed E-state index contributed by atoms with van der Waals surface area (Å²) >= 11 is 7.15. The second kappa shape index (κ2) is 8.61. The molecule has 138 valence electrons. The average Bonchev–Trinajstić information content (AvgIpc) is 3.08. The van der Waals surface area contributed by atoms with Crippen LogP contribution in [0.5, 0.6) is 0 Å². The van der Waals surface area contributed by atoms with Crippen molar-refractivity contribution in [2.45, 2.75) is 12.8 Å². The maximum Gasteiger partial charge on any atom is 0.258 e. The van der Waals surface area contributed by atoms with Crippen LogP contribution in [-0.4, -0.2) is 21.8 Å². The van der Waals surface area contributed by atoms with Crippen LogP contribution >= 0.6 is 22.9 Å². The number of benzene rings is 1. The summed E-state index contributed by atoms with van der Waals surface area (Å²) in [7, 11) is 0. The normalized spacial score (nSPS) is 10.4.